The summed E-state index contributed by atoms with van der Waals surface area (Å²) in [5, 5.41) is 14.4. The zero-order chi connectivity index (χ0) is 19.7. The van der Waals surface area contributed by atoms with Crippen LogP contribution in [0.25, 0.3) is 0 Å². The van der Waals surface area contributed by atoms with Gasteiger partial charge in [0, 0.05) is 11.6 Å². The Hall–Kier alpha value is -2.53. The van der Waals surface area contributed by atoms with Crippen molar-refractivity contribution in [3.8, 4) is 11.6 Å². The van der Waals surface area contributed by atoms with Crippen molar-refractivity contribution in [1.29, 1.82) is 0 Å². The van der Waals surface area contributed by atoms with E-state index >= 15 is 0 Å². The average Bonchev–Trinajstić information content (AvgIpc) is 3.08. The van der Waals surface area contributed by atoms with E-state index in [1.165, 1.54) is 42.6 Å². The first-order valence-corrected chi connectivity index (χ1v) is 8.37. The van der Waals surface area contributed by atoms with Gasteiger partial charge in [0.15, 0.2) is 5.69 Å². The highest BCUT2D eigenvalue weighted by Gasteiger charge is 2.41. The standard InChI is InChI=1S/C16H13BrF3N5O2/c1-15(26,7-25-9-21-8-23-25)11-3-5-13(24-14(11)16(18,19)20)27-10-2-4-12(17)22-6-10/h2-6,8-9,26H,7H2,1H3. The fourth-order valence-corrected chi connectivity index (χ4v) is 2.64. The van der Waals surface area contributed by atoms with E-state index in [-0.39, 0.29) is 18.2 Å². The molecule has 11 heteroatoms. The molecule has 0 aliphatic heterocycles. The maximum Gasteiger partial charge on any atom is 0.433 e. The first kappa shape index (κ1) is 19.2. The van der Waals surface area contributed by atoms with E-state index in [1.54, 1.807) is 6.07 Å². The van der Waals surface area contributed by atoms with Crippen LogP contribution in [0.1, 0.15) is 18.2 Å². The van der Waals surface area contributed by atoms with E-state index in [4.69, 9.17) is 4.74 Å². The zero-order valence-corrected chi connectivity index (χ0v) is 15.4. The first-order chi connectivity index (χ1) is 12.6. The molecule has 0 saturated carbocycles. The van der Waals surface area contributed by atoms with E-state index in [0.717, 1.165) is 6.07 Å². The number of halogens is 4. The molecule has 3 aromatic heterocycles. The molecule has 7 nitrogen and oxygen atoms in total. The second-order valence-electron chi connectivity index (χ2n) is 5.83. The minimum absolute atomic E-state index is 0.223. The third-order valence-corrected chi connectivity index (χ3v) is 4.05. The highest BCUT2D eigenvalue weighted by Crippen LogP contribution is 2.37. The van der Waals surface area contributed by atoms with E-state index in [9.17, 15) is 18.3 Å². The third kappa shape index (κ3) is 4.61. The minimum Gasteiger partial charge on any atom is -0.437 e. The van der Waals surface area contributed by atoms with Crippen molar-refractivity contribution in [3.63, 3.8) is 0 Å². The maximum atomic E-state index is 13.5. The predicted molar refractivity (Wildman–Crippen MR) is 90.8 cm³/mol. The van der Waals surface area contributed by atoms with E-state index in [2.05, 4.69) is 36.0 Å². The Labute approximate surface area is 160 Å². The van der Waals surface area contributed by atoms with Crippen LogP contribution in [0, 0.1) is 0 Å². The molecule has 27 heavy (non-hydrogen) atoms. The van der Waals surface area contributed by atoms with Gasteiger partial charge in [-0.3, -0.25) is 0 Å². The van der Waals surface area contributed by atoms with Crippen molar-refractivity contribution in [2.75, 3.05) is 0 Å². The SMILES string of the molecule is CC(O)(Cn1cncn1)c1ccc(Oc2ccc(Br)nc2)nc1C(F)(F)F. The van der Waals surface area contributed by atoms with Crippen LogP contribution in [0.5, 0.6) is 11.6 Å². The van der Waals surface area contributed by atoms with Gasteiger partial charge in [-0.05, 0) is 41.1 Å². The number of pyridine rings is 2. The molecule has 0 radical (unpaired) electrons. The first-order valence-electron chi connectivity index (χ1n) is 7.58. The predicted octanol–water partition coefficient (Wildman–Crippen LogP) is 3.55. The number of aromatic nitrogens is 5. The smallest absolute Gasteiger partial charge is 0.433 e. The second-order valence-corrected chi connectivity index (χ2v) is 6.64. The van der Waals surface area contributed by atoms with E-state index in [0.29, 0.717) is 4.60 Å². The van der Waals surface area contributed by atoms with Gasteiger partial charge >= 0.3 is 6.18 Å². The number of hydrogen-bond donors (Lipinski definition) is 1. The quantitative estimate of drug-likeness (QED) is 0.606. The molecule has 3 heterocycles. The van der Waals surface area contributed by atoms with Gasteiger partial charge in [0.2, 0.25) is 5.88 Å². The molecule has 0 bridgehead atoms. The molecule has 0 spiro atoms. The Morgan fingerprint density at radius 1 is 1.22 bits per heavy atom. The second kappa shape index (κ2) is 7.24. The van der Waals surface area contributed by atoms with Crippen LogP contribution in [0.15, 0.2) is 47.7 Å². The molecule has 3 rings (SSSR count). The molecule has 3 aromatic rings. The van der Waals surface area contributed by atoms with Gasteiger partial charge in [0.05, 0.1) is 12.7 Å². The van der Waals surface area contributed by atoms with Crippen molar-refractivity contribution in [3.05, 3.63) is 59.0 Å². The van der Waals surface area contributed by atoms with Crippen LogP contribution >= 0.6 is 15.9 Å². The lowest BCUT2D eigenvalue weighted by molar-refractivity contribution is -0.144. The zero-order valence-electron chi connectivity index (χ0n) is 13.9. The molecule has 1 N–H and O–H groups in total. The molecule has 0 aliphatic carbocycles. The largest absolute Gasteiger partial charge is 0.437 e. The lowest BCUT2D eigenvalue weighted by atomic mass is 9.94. The lowest BCUT2D eigenvalue weighted by Crippen LogP contribution is -2.31. The molecular weight excluding hydrogens is 431 g/mol. The van der Waals surface area contributed by atoms with Crippen LogP contribution in [-0.4, -0.2) is 29.8 Å². The molecule has 0 saturated heterocycles. The van der Waals surface area contributed by atoms with Crippen LogP contribution in [0.4, 0.5) is 13.2 Å². The summed E-state index contributed by atoms with van der Waals surface area (Å²) >= 11 is 3.15. The number of ether oxygens (including phenoxy) is 1. The van der Waals surface area contributed by atoms with Crippen LogP contribution in [0.2, 0.25) is 0 Å². The van der Waals surface area contributed by atoms with E-state index < -0.39 is 23.0 Å². The number of alkyl halides is 3. The van der Waals surface area contributed by atoms with Crippen molar-refractivity contribution in [1.82, 2.24) is 24.7 Å². The fraction of sp³-hybridized carbons (Fsp3) is 0.250. The highest BCUT2D eigenvalue weighted by molar-refractivity contribution is 9.10. The third-order valence-electron chi connectivity index (χ3n) is 3.58. The Balaban J connectivity index is 1.95. The summed E-state index contributed by atoms with van der Waals surface area (Å²) in [5.74, 6) is -0.0484. The normalized spacial score (nSPS) is 14.0. The van der Waals surface area contributed by atoms with Gasteiger partial charge in [-0.2, -0.15) is 18.3 Å². The minimum atomic E-state index is -4.79. The van der Waals surface area contributed by atoms with Gasteiger partial charge in [0.1, 0.15) is 28.6 Å². The van der Waals surface area contributed by atoms with Crippen LogP contribution in [0.3, 0.4) is 0 Å². The van der Waals surface area contributed by atoms with Gasteiger partial charge < -0.3 is 9.84 Å². The lowest BCUT2D eigenvalue weighted by Gasteiger charge is -2.26. The molecule has 0 amide bonds. The van der Waals surface area contributed by atoms with Crippen molar-refractivity contribution < 1.29 is 23.0 Å². The highest BCUT2D eigenvalue weighted by atomic mass is 79.9. The number of rotatable bonds is 5. The van der Waals surface area contributed by atoms with Gasteiger partial charge in [-0.25, -0.2) is 19.6 Å². The van der Waals surface area contributed by atoms with Crippen molar-refractivity contribution in [2.45, 2.75) is 25.2 Å². The summed E-state index contributed by atoms with van der Waals surface area (Å²) in [4.78, 5) is 11.2. The Bertz CT molecular complexity index is 915. The Kier molecular flexibility index (Phi) is 5.16. The fourth-order valence-electron chi connectivity index (χ4n) is 2.41. The van der Waals surface area contributed by atoms with Crippen molar-refractivity contribution in [2.24, 2.45) is 0 Å². The monoisotopic (exact) mass is 443 g/mol. The van der Waals surface area contributed by atoms with Crippen LogP contribution < -0.4 is 4.74 Å². The summed E-state index contributed by atoms with van der Waals surface area (Å²) in [6, 6.07) is 5.49. The van der Waals surface area contributed by atoms with Crippen LogP contribution in [-0.2, 0) is 18.3 Å². The molecule has 1 atom stereocenters. The van der Waals surface area contributed by atoms with Gasteiger partial charge in [-0.1, -0.05) is 0 Å². The summed E-state index contributed by atoms with van der Waals surface area (Å²) in [6.07, 6.45) is -0.928. The van der Waals surface area contributed by atoms with Gasteiger partial charge in [0.25, 0.3) is 0 Å². The van der Waals surface area contributed by atoms with E-state index in [1.807, 2.05) is 0 Å². The maximum absolute atomic E-state index is 13.5. The Morgan fingerprint density at radius 3 is 2.59 bits per heavy atom. The molecule has 1 unspecified atom stereocenters. The number of aliphatic hydroxyl groups is 1. The average molecular weight is 444 g/mol. The summed E-state index contributed by atoms with van der Waals surface area (Å²) in [6.45, 7) is 1.02. The molecule has 0 aromatic carbocycles. The van der Waals surface area contributed by atoms with Gasteiger partial charge in [-0.15, -0.1) is 0 Å². The molecular formula is C16H13BrF3N5O2. The molecule has 142 valence electrons. The number of nitrogens with zero attached hydrogens (tertiary/aromatic N) is 5. The number of hydrogen-bond acceptors (Lipinski definition) is 6. The summed E-state index contributed by atoms with van der Waals surface area (Å²) < 4.78 is 47.8. The molecule has 0 aliphatic rings. The van der Waals surface area contributed by atoms with Crippen molar-refractivity contribution >= 4 is 15.9 Å². The topological polar surface area (TPSA) is 86.0 Å². The summed E-state index contributed by atoms with van der Waals surface area (Å²) in [5.41, 5.74) is -3.52. The summed E-state index contributed by atoms with van der Waals surface area (Å²) in [7, 11) is 0. The molecule has 0 fully saturated rings. The Morgan fingerprint density at radius 2 is 2.00 bits per heavy atom.